The molecule has 7 heteroatoms. The molecule has 0 radical (unpaired) electrons. The van der Waals surface area contributed by atoms with Crippen LogP contribution >= 0.6 is 0 Å². The van der Waals surface area contributed by atoms with E-state index in [9.17, 15) is 8.78 Å². The molecule has 2 rings (SSSR count). The third-order valence-electron chi connectivity index (χ3n) is 5.32. The lowest BCUT2D eigenvalue weighted by Gasteiger charge is -2.43. The Morgan fingerprint density at radius 2 is 2.23 bits per heavy atom. The summed E-state index contributed by atoms with van der Waals surface area (Å²) in [6, 6.07) is 0.332. The first kappa shape index (κ1) is 21.0. The Morgan fingerprint density at radius 1 is 1.50 bits per heavy atom. The lowest BCUT2D eigenvalue weighted by atomic mass is 9.84. The largest absolute Gasteiger partial charge is 0.381 e. The summed E-state index contributed by atoms with van der Waals surface area (Å²) in [6.07, 6.45) is 6.60. The maximum absolute atomic E-state index is 13.2. The Kier molecular flexibility index (Phi) is 7.32. The fraction of sp³-hybridized carbons (Fsp3) is 0.737. The van der Waals surface area contributed by atoms with Crippen LogP contribution in [-0.2, 0) is 4.74 Å². The number of nitrogens with zero attached hydrogens (tertiary/aromatic N) is 4. The number of ether oxygens (including phenoxy) is 1. The van der Waals surface area contributed by atoms with Gasteiger partial charge in [0.1, 0.15) is 5.82 Å². The molecule has 5 nitrogen and oxygen atoms in total. The highest BCUT2D eigenvalue weighted by Crippen LogP contribution is 2.33. The molecule has 0 aromatic heterocycles. The van der Waals surface area contributed by atoms with E-state index in [0.717, 1.165) is 32.1 Å². The molecule has 2 unspecified atom stereocenters. The quantitative estimate of drug-likeness (QED) is 0.435. The van der Waals surface area contributed by atoms with Gasteiger partial charge < -0.3 is 4.74 Å². The number of rotatable bonds is 10. The van der Waals surface area contributed by atoms with Crippen LogP contribution in [0.4, 0.5) is 8.78 Å². The molecule has 1 heterocycles. The van der Waals surface area contributed by atoms with Crippen molar-refractivity contribution in [3.63, 3.8) is 0 Å². The van der Waals surface area contributed by atoms with Crippen LogP contribution in [-0.4, -0.2) is 73.6 Å². The number of halogens is 2. The van der Waals surface area contributed by atoms with E-state index in [-0.39, 0.29) is 12.5 Å². The van der Waals surface area contributed by atoms with Gasteiger partial charge in [0.25, 0.3) is 0 Å². The van der Waals surface area contributed by atoms with Crippen molar-refractivity contribution in [1.29, 1.82) is 0 Å². The minimum absolute atomic E-state index is 0.0788. The molecular weight excluding hydrogens is 338 g/mol. The van der Waals surface area contributed by atoms with Gasteiger partial charge in [-0.15, -0.1) is 0 Å². The van der Waals surface area contributed by atoms with Crippen LogP contribution in [0.5, 0.6) is 0 Å². The maximum Gasteiger partial charge on any atom is 0.245 e. The van der Waals surface area contributed by atoms with Gasteiger partial charge in [-0.25, -0.2) is 18.8 Å². The van der Waals surface area contributed by atoms with Crippen LogP contribution in [0.2, 0.25) is 0 Å². The van der Waals surface area contributed by atoms with E-state index >= 15 is 0 Å². The zero-order chi connectivity index (χ0) is 19.3. The SMILES string of the molecule is C=NC1=CC(CCC(C)(F)F)N(C)N1CN(CC)C1CC/C1=C\COC. The fourth-order valence-corrected chi connectivity index (χ4v) is 3.56. The van der Waals surface area contributed by atoms with Gasteiger partial charge in [0, 0.05) is 26.6 Å². The predicted octanol–water partition coefficient (Wildman–Crippen LogP) is 3.51. The number of methoxy groups -OCH3 is 1. The second kappa shape index (κ2) is 9.06. The molecule has 0 N–H and O–H groups in total. The molecule has 26 heavy (non-hydrogen) atoms. The van der Waals surface area contributed by atoms with Crippen LogP contribution < -0.4 is 0 Å². The summed E-state index contributed by atoms with van der Waals surface area (Å²) in [4.78, 5) is 6.51. The van der Waals surface area contributed by atoms with E-state index < -0.39 is 5.92 Å². The molecule has 0 spiro atoms. The Bertz CT molecular complexity index is 544. The van der Waals surface area contributed by atoms with Gasteiger partial charge in [0.05, 0.1) is 19.3 Å². The molecule has 148 valence electrons. The van der Waals surface area contributed by atoms with Gasteiger partial charge in [-0.05, 0) is 45.5 Å². The average molecular weight is 370 g/mol. The van der Waals surface area contributed by atoms with Gasteiger partial charge in [0.2, 0.25) is 5.92 Å². The van der Waals surface area contributed by atoms with Crippen LogP contribution in [0.25, 0.3) is 0 Å². The maximum atomic E-state index is 13.2. The van der Waals surface area contributed by atoms with Crippen LogP contribution in [0.3, 0.4) is 0 Å². The zero-order valence-corrected chi connectivity index (χ0v) is 16.4. The third-order valence-corrected chi connectivity index (χ3v) is 5.32. The molecule has 1 saturated carbocycles. The Morgan fingerprint density at radius 3 is 2.73 bits per heavy atom. The summed E-state index contributed by atoms with van der Waals surface area (Å²) >= 11 is 0. The van der Waals surface area contributed by atoms with Crippen LogP contribution in [0.1, 0.15) is 39.5 Å². The minimum Gasteiger partial charge on any atom is -0.381 e. The highest BCUT2D eigenvalue weighted by atomic mass is 19.3. The van der Waals surface area contributed by atoms with E-state index in [1.54, 1.807) is 7.11 Å². The third kappa shape index (κ3) is 5.11. The predicted molar refractivity (Wildman–Crippen MR) is 101 cm³/mol. The summed E-state index contributed by atoms with van der Waals surface area (Å²) < 4.78 is 31.6. The zero-order valence-electron chi connectivity index (χ0n) is 16.4. The number of aliphatic imine (C=N–C) groups is 1. The van der Waals surface area contributed by atoms with Crippen molar-refractivity contribution in [2.24, 2.45) is 4.99 Å². The van der Waals surface area contributed by atoms with Gasteiger partial charge in [0.15, 0.2) is 0 Å². The molecule has 0 aromatic rings. The minimum atomic E-state index is -2.65. The summed E-state index contributed by atoms with van der Waals surface area (Å²) in [7, 11) is 3.64. The second-order valence-corrected chi connectivity index (χ2v) is 7.17. The first-order chi connectivity index (χ1) is 12.3. The molecule has 1 aliphatic carbocycles. The lowest BCUT2D eigenvalue weighted by Crippen LogP contribution is -2.51. The molecule has 0 bridgehead atoms. The van der Waals surface area contributed by atoms with Gasteiger partial charge in [-0.2, -0.15) is 0 Å². The van der Waals surface area contributed by atoms with E-state index in [1.807, 2.05) is 23.1 Å². The molecule has 2 aliphatic rings. The van der Waals surface area contributed by atoms with Crippen LogP contribution in [0, 0.1) is 0 Å². The molecule has 0 aromatic carbocycles. The molecule has 1 fully saturated rings. The number of likely N-dealkylation sites (N-methyl/N-ethyl adjacent to an activating group) is 2. The van der Waals surface area contributed by atoms with Gasteiger partial charge in [-0.3, -0.25) is 9.91 Å². The molecule has 2 atom stereocenters. The standard InChI is InChI=1S/C19H32F2N4O/c1-6-24(17-8-7-15(17)10-12-26-5)14-25-18(22-3)13-16(23(25)4)9-11-19(2,20)21/h10,13,16-17H,3,6-9,11-12,14H2,1-2,4-5H3/b15-10+. The van der Waals surface area contributed by atoms with Crippen molar-refractivity contribution in [3.05, 3.63) is 23.5 Å². The highest BCUT2D eigenvalue weighted by Gasteiger charge is 2.35. The van der Waals surface area contributed by atoms with Crippen LogP contribution in [0.15, 0.2) is 28.5 Å². The topological polar surface area (TPSA) is 31.3 Å². The molecule has 0 saturated heterocycles. The van der Waals surface area contributed by atoms with E-state index in [2.05, 4.69) is 29.6 Å². The Balaban J connectivity index is 2.02. The molecule has 0 amide bonds. The number of hydrogen-bond donors (Lipinski definition) is 0. The van der Waals surface area contributed by atoms with E-state index in [4.69, 9.17) is 4.74 Å². The average Bonchev–Trinajstić information content (AvgIpc) is 2.86. The highest BCUT2D eigenvalue weighted by molar-refractivity contribution is 5.30. The van der Waals surface area contributed by atoms with Crippen molar-refractivity contribution >= 4 is 6.72 Å². The number of alkyl halides is 2. The number of hydrogen-bond acceptors (Lipinski definition) is 5. The van der Waals surface area contributed by atoms with Crippen molar-refractivity contribution in [3.8, 4) is 0 Å². The Labute approximate surface area is 156 Å². The smallest absolute Gasteiger partial charge is 0.245 e. The first-order valence-corrected chi connectivity index (χ1v) is 9.29. The van der Waals surface area contributed by atoms with Crippen molar-refractivity contribution < 1.29 is 13.5 Å². The number of hydrazine groups is 1. The lowest BCUT2D eigenvalue weighted by molar-refractivity contribution is -0.0393. The van der Waals surface area contributed by atoms with Crippen molar-refractivity contribution in [1.82, 2.24) is 14.9 Å². The van der Waals surface area contributed by atoms with Gasteiger partial charge in [-0.1, -0.05) is 18.6 Å². The van der Waals surface area contributed by atoms with Crippen molar-refractivity contribution in [2.45, 2.75) is 57.5 Å². The summed E-state index contributed by atoms with van der Waals surface area (Å²) in [5.74, 6) is -1.90. The fourth-order valence-electron chi connectivity index (χ4n) is 3.56. The molecular formula is C19H32F2N4O. The summed E-state index contributed by atoms with van der Waals surface area (Å²) in [5, 5.41) is 4.05. The Hall–Kier alpha value is -1.31. The van der Waals surface area contributed by atoms with Crippen molar-refractivity contribution in [2.75, 3.05) is 34.0 Å². The van der Waals surface area contributed by atoms with E-state index in [0.29, 0.717) is 25.7 Å². The molecule has 1 aliphatic heterocycles. The monoisotopic (exact) mass is 370 g/mol. The van der Waals surface area contributed by atoms with E-state index in [1.165, 1.54) is 5.57 Å². The summed E-state index contributed by atoms with van der Waals surface area (Å²) in [5.41, 5.74) is 1.41. The normalized spacial score (nSPS) is 25.7. The van der Waals surface area contributed by atoms with Gasteiger partial charge >= 0.3 is 0 Å². The first-order valence-electron chi connectivity index (χ1n) is 9.29. The summed E-state index contributed by atoms with van der Waals surface area (Å²) in [6.45, 7) is 8.99. The second-order valence-electron chi connectivity index (χ2n) is 7.17.